The van der Waals surface area contributed by atoms with Gasteiger partial charge in [-0.2, -0.15) is 0 Å². The van der Waals surface area contributed by atoms with Crippen molar-refractivity contribution < 1.29 is 23.8 Å². The molecule has 4 atom stereocenters. The zero-order valence-electron chi connectivity index (χ0n) is 28.7. The Morgan fingerprint density at radius 3 is 1.67 bits per heavy atom. The largest absolute Gasteiger partial charge is 0.368 e. The summed E-state index contributed by atoms with van der Waals surface area (Å²) < 4.78 is 19.9. The predicted molar refractivity (Wildman–Crippen MR) is 188 cm³/mol. The smallest absolute Gasteiger partial charge is 0.315 e. The van der Waals surface area contributed by atoms with Crippen LogP contribution in [-0.4, -0.2) is 59.8 Å². The molecule has 8 rings (SSSR count). The van der Waals surface area contributed by atoms with E-state index in [1.165, 1.54) is 19.3 Å². The summed E-state index contributed by atoms with van der Waals surface area (Å²) in [5.41, 5.74) is 2.90. The Morgan fingerprint density at radius 2 is 1.18 bits per heavy atom. The number of amides is 3. The van der Waals surface area contributed by atoms with Crippen molar-refractivity contribution in [3.05, 3.63) is 108 Å². The van der Waals surface area contributed by atoms with Crippen LogP contribution < -0.4 is 10.6 Å². The minimum atomic E-state index is -0.881. The minimum absolute atomic E-state index is 0.106. The van der Waals surface area contributed by atoms with E-state index in [0.717, 1.165) is 60.1 Å². The third kappa shape index (κ3) is 8.03. The molecular weight excluding hydrogens is 614 g/mol. The highest BCUT2D eigenvalue weighted by atomic mass is 16.6. The molecule has 3 aromatic carbocycles. The highest BCUT2D eigenvalue weighted by Crippen LogP contribution is 2.55. The standard InChI is InChI=1S/C41H51N3O5/c1-2-18-44-35(25-42-40(46)43-41-22-32-19-33(23-41)21-34(20-32)24-41)36(47-26-29-12-6-3-7-13-29)37(48-27-30-14-8-4-9-15-30)38(39(44)45)49-28-31-16-10-5-11-17-31/h3-17,32-38H,2,18-28H2,1H3,(H2,42,43,46)/t32?,33?,34?,35-,36-,37-,38-,41?/m1/s1. The van der Waals surface area contributed by atoms with Crippen molar-refractivity contribution in [2.75, 3.05) is 13.1 Å². The molecule has 260 valence electrons. The van der Waals surface area contributed by atoms with Gasteiger partial charge in [-0.1, -0.05) is 97.9 Å². The molecule has 1 heterocycles. The van der Waals surface area contributed by atoms with Gasteiger partial charge >= 0.3 is 6.03 Å². The summed E-state index contributed by atoms with van der Waals surface area (Å²) in [6.45, 7) is 3.74. The summed E-state index contributed by atoms with van der Waals surface area (Å²) in [7, 11) is 0. The Kier molecular flexibility index (Phi) is 10.6. The number of carbonyl (C=O) groups is 2. The molecule has 0 unspecified atom stereocenters. The molecule has 4 bridgehead atoms. The zero-order chi connectivity index (χ0) is 33.6. The molecule has 5 fully saturated rings. The number of ether oxygens (including phenoxy) is 3. The third-order valence-electron chi connectivity index (χ3n) is 11.1. The average Bonchev–Trinajstić information content (AvgIpc) is 3.10. The number of urea groups is 1. The van der Waals surface area contributed by atoms with Gasteiger partial charge in [0.25, 0.3) is 5.91 Å². The second-order valence-electron chi connectivity index (χ2n) is 14.9. The lowest BCUT2D eigenvalue weighted by Gasteiger charge is -2.56. The van der Waals surface area contributed by atoms with E-state index in [4.69, 9.17) is 14.2 Å². The molecule has 5 aliphatic rings. The summed E-state index contributed by atoms with van der Waals surface area (Å²) in [5.74, 6) is 2.06. The van der Waals surface area contributed by atoms with Gasteiger partial charge in [0.2, 0.25) is 0 Å². The molecule has 0 spiro atoms. The molecule has 0 aromatic heterocycles. The van der Waals surface area contributed by atoms with Gasteiger partial charge in [-0.25, -0.2) is 4.79 Å². The maximum absolute atomic E-state index is 14.5. The van der Waals surface area contributed by atoms with Crippen molar-refractivity contribution in [3.63, 3.8) is 0 Å². The van der Waals surface area contributed by atoms with Crippen LogP contribution in [0, 0.1) is 17.8 Å². The van der Waals surface area contributed by atoms with Gasteiger partial charge in [-0.3, -0.25) is 4.79 Å². The van der Waals surface area contributed by atoms with E-state index in [9.17, 15) is 9.59 Å². The van der Waals surface area contributed by atoms with Crippen LogP contribution in [0.25, 0.3) is 0 Å². The van der Waals surface area contributed by atoms with Crippen LogP contribution in [0.2, 0.25) is 0 Å². The van der Waals surface area contributed by atoms with Crippen LogP contribution in [0.5, 0.6) is 0 Å². The molecule has 4 aliphatic carbocycles. The van der Waals surface area contributed by atoms with E-state index >= 15 is 0 Å². The second-order valence-corrected chi connectivity index (χ2v) is 14.9. The second kappa shape index (κ2) is 15.4. The van der Waals surface area contributed by atoms with Gasteiger partial charge < -0.3 is 29.7 Å². The lowest BCUT2D eigenvalue weighted by atomic mass is 9.53. The maximum Gasteiger partial charge on any atom is 0.315 e. The zero-order valence-corrected chi connectivity index (χ0v) is 28.7. The quantitative estimate of drug-likeness (QED) is 0.202. The van der Waals surface area contributed by atoms with E-state index in [1.54, 1.807) is 0 Å². The van der Waals surface area contributed by atoms with Gasteiger partial charge in [0.1, 0.15) is 12.2 Å². The summed E-state index contributed by atoms with van der Waals surface area (Å²) in [4.78, 5) is 30.0. The maximum atomic E-state index is 14.5. The average molecular weight is 666 g/mol. The van der Waals surface area contributed by atoms with Crippen LogP contribution in [0.15, 0.2) is 91.0 Å². The molecule has 3 amide bonds. The molecule has 0 radical (unpaired) electrons. The molecule has 2 N–H and O–H groups in total. The van der Waals surface area contributed by atoms with E-state index in [0.29, 0.717) is 19.8 Å². The topological polar surface area (TPSA) is 89.1 Å². The Balaban J connectivity index is 1.14. The van der Waals surface area contributed by atoms with Crippen LogP contribution in [-0.2, 0) is 38.8 Å². The third-order valence-corrected chi connectivity index (χ3v) is 11.1. The summed E-state index contributed by atoms with van der Waals surface area (Å²) >= 11 is 0. The fourth-order valence-electron chi connectivity index (χ4n) is 9.37. The van der Waals surface area contributed by atoms with Crippen LogP contribution in [0.4, 0.5) is 4.79 Å². The van der Waals surface area contributed by atoms with Crippen LogP contribution in [0.3, 0.4) is 0 Å². The molecule has 4 saturated carbocycles. The summed E-state index contributed by atoms with van der Waals surface area (Å²) in [6.07, 6.45) is 5.80. The van der Waals surface area contributed by atoms with Crippen LogP contribution in [0.1, 0.15) is 68.6 Å². The number of benzene rings is 3. The Morgan fingerprint density at radius 1 is 0.714 bits per heavy atom. The summed E-state index contributed by atoms with van der Waals surface area (Å²) in [6, 6.07) is 29.3. The van der Waals surface area contributed by atoms with E-state index < -0.39 is 24.4 Å². The molecule has 1 aliphatic heterocycles. The molecule has 8 heteroatoms. The number of likely N-dealkylation sites (tertiary alicyclic amines) is 1. The Labute approximate surface area is 290 Å². The van der Waals surface area contributed by atoms with Gasteiger partial charge in [0.15, 0.2) is 6.10 Å². The molecule has 8 nitrogen and oxygen atoms in total. The predicted octanol–water partition coefficient (Wildman–Crippen LogP) is 6.63. The van der Waals surface area contributed by atoms with E-state index in [-0.39, 0.29) is 30.6 Å². The number of hydrogen-bond acceptors (Lipinski definition) is 5. The highest BCUT2D eigenvalue weighted by molar-refractivity contribution is 5.83. The summed E-state index contributed by atoms with van der Waals surface area (Å²) in [5, 5.41) is 6.66. The first kappa shape index (κ1) is 33.8. The number of nitrogens with zero attached hydrogens (tertiary/aromatic N) is 1. The first-order valence-corrected chi connectivity index (χ1v) is 18.3. The van der Waals surface area contributed by atoms with E-state index in [1.807, 2.05) is 95.9 Å². The normalized spacial score (nSPS) is 30.3. The van der Waals surface area contributed by atoms with Crippen molar-refractivity contribution in [1.82, 2.24) is 15.5 Å². The van der Waals surface area contributed by atoms with Crippen molar-refractivity contribution in [2.45, 2.75) is 102 Å². The van der Waals surface area contributed by atoms with Gasteiger partial charge in [-0.05, 0) is 79.4 Å². The van der Waals surface area contributed by atoms with E-state index in [2.05, 4.69) is 17.6 Å². The fourth-order valence-corrected chi connectivity index (χ4v) is 9.37. The number of piperidine rings is 1. The number of nitrogens with one attached hydrogen (secondary N) is 2. The SMILES string of the molecule is CCCN1C(=O)[C@H](OCc2ccccc2)[C@H](OCc2ccccc2)[C@H](OCc2ccccc2)[C@H]1CNC(=O)NC12CC3CC(CC(C3)C1)C2. The monoisotopic (exact) mass is 665 g/mol. The first-order valence-electron chi connectivity index (χ1n) is 18.3. The van der Waals surface area contributed by atoms with Crippen molar-refractivity contribution in [1.29, 1.82) is 0 Å². The van der Waals surface area contributed by atoms with Gasteiger partial charge in [0, 0.05) is 18.6 Å². The van der Waals surface area contributed by atoms with Crippen molar-refractivity contribution >= 4 is 11.9 Å². The molecule has 49 heavy (non-hydrogen) atoms. The Hall–Kier alpha value is -3.72. The molecular formula is C41H51N3O5. The highest BCUT2D eigenvalue weighted by Gasteiger charge is 2.53. The lowest BCUT2D eigenvalue weighted by molar-refractivity contribution is -0.208. The fraction of sp³-hybridized carbons (Fsp3) is 0.512. The molecule has 1 saturated heterocycles. The van der Waals surface area contributed by atoms with Crippen molar-refractivity contribution in [2.24, 2.45) is 17.8 Å². The molecule has 3 aromatic rings. The number of carbonyl (C=O) groups excluding carboxylic acids is 2. The van der Waals surface area contributed by atoms with Crippen molar-refractivity contribution in [3.8, 4) is 0 Å². The number of rotatable bonds is 14. The van der Waals surface area contributed by atoms with Gasteiger partial charge in [-0.15, -0.1) is 0 Å². The minimum Gasteiger partial charge on any atom is -0.368 e. The Bertz CT molecular complexity index is 1480. The number of hydrogen-bond donors (Lipinski definition) is 2. The van der Waals surface area contributed by atoms with Crippen LogP contribution >= 0.6 is 0 Å². The van der Waals surface area contributed by atoms with Gasteiger partial charge in [0.05, 0.1) is 25.9 Å². The lowest BCUT2D eigenvalue weighted by Crippen LogP contribution is -2.69. The first-order chi connectivity index (χ1) is 24.0.